The van der Waals surface area contributed by atoms with Gasteiger partial charge in [-0.25, -0.2) is 4.79 Å². The molecule has 0 spiro atoms. The lowest BCUT2D eigenvalue weighted by Gasteiger charge is -2.27. The van der Waals surface area contributed by atoms with Crippen LogP contribution >= 0.6 is 11.6 Å². The van der Waals surface area contributed by atoms with Crippen LogP contribution in [0.3, 0.4) is 0 Å². The molecule has 1 heterocycles. The molecule has 7 heteroatoms. The molecule has 1 amide bonds. The molecule has 108 valence electrons. The van der Waals surface area contributed by atoms with E-state index in [9.17, 15) is 9.59 Å². The second kappa shape index (κ2) is 6.58. The zero-order chi connectivity index (χ0) is 14.5. The number of halogens is 1. The second-order valence-electron chi connectivity index (χ2n) is 4.48. The molecule has 1 aliphatic rings. The highest BCUT2D eigenvalue weighted by Crippen LogP contribution is 2.20. The van der Waals surface area contributed by atoms with E-state index in [4.69, 9.17) is 16.7 Å². The maximum Gasteiger partial charge on any atom is 0.337 e. The van der Waals surface area contributed by atoms with E-state index in [0.717, 1.165) is 13.1 Å². The van der Waals surface area contributed by atoms with Crippen LogP contribution in [-0.4, -0.2) is 54.6 Å². The predicted molar refractivity (Wildman–Crippen MR) is 76.4 cm³/mol. The third-order valence-corrected chi connectivity index (χ3v) is 3.35. The molecular weight excluding hydrogens is 282 g/mol. The van der Waals surface area contributed by atoms with Crippen LogP contribution in [0.5, 0.6) is 0 Å². The van der Waals surface area contributed by atoms with E-state index in [1.807, 2.05) is 0 Å². The summed E-state index contributed by atoms with van der Waals surface area (Å²) < 4.78 is 0. The summed E-state index contributed by atoms with van der Waals surface area (Å²) in [6.45, 7) is 2.99. The van der Waals surface area contributed by atoms with Crippen molar-refractivity contribution in [2.24, 2.45) is 0 Å². The van der Waals surface area contributed by atoms with Gasteiger partial charge in [-0.2, -0.15) is 0 Å². The Morgan fingerprint density at radius 1 is 1.35 bits per heavy atom. The van der Waals surface area contributed by atoms with Crippen molar-refractivity contribution >= 4 is 29.2 Å². The van der Waals surface area contributed by atoms with Crippen molar-refractivity contribution in [3.63, 3.8) is 0 Å². The molecule has 0 saturated carbocycles. The molecule has 0 aliphatic carbocycles. The highest BCUT2D eigenvalue weighted by molar-refractivity contribution is 6.31. The van der Waals surface area contributed by atoms with E-state index in [1.54, 1.807) is 17.0 Å². The lowest BCUT2D eigenvalue weighted by atomic mass is 10.2. The zero-order valence-electron chi connectivity index (χ0n) is 10.9. The van der Waals surface area contributed by atoms with Crippen LogP contribution < -0.4 is 10.6 Å². The average molecular weight is 298 g/mol. The first kappa shape index (κ1) is 14.6. The number of carboxylic acid groups (broad SMARTS) is 1. The second-order valence-corrected chi connectivity index (χ2v) is 4.92. The molecule has 1 aromatic rings. The van der Waals surface area contributed by atoms with Crippen LogP contribution in [0.4, 0.5) is 5.69 Å². The maximum atomic E-state index is 12.0. The minimum absolute atomic E-state index is 0.0437. The van der Waals surface area contributed by atoms with Gasteiger partial charge in [-0.15, -0.1) is 0 Å². The molecule has 1 aliphatic heterocycles. The van der Waals surface area contributed by atoms with Crippen molar-refractivity contribution in [3.8, 4) is 0 Å². The number of hydrogen-bond acceptors (Lipinski definition) is 4. The summed E-state index contributed by atoms with van der Waals surface area (Å²) in [6, 6.07) is 4.52. The summed E-state index contributed by atoms with van der Waals surface area (Å²) in [4.78, 5) is 24.8. The Hall–Kier alpha value is -1.79. The van der Waals surface area contributed by atoms with Gasteiger partial charge in [0.05, 0.1) is 12.1 Å². The lowest BCUT2D eigenvalue weighted by molar-refractivity contribution is -0.129. The predicted octanol–water partition coefficient (Wildman–Crippen LogP) is 0.882. The fourth-order valence-electron chi connectivity index (χ4n) is 2.04. The number of aromatic carboxylic acids is 1. The van der Waals surface area contributed by atoms with Gasteiger partial charge >= 0.3 is 5.97 Å². The number of hydrogen-bond donors (Lipinski definition) is 3. The Kier molecular flexibility index (Phi) is 4.81. The van der Waals surface area contributed by atoms with Crippen LogP contribution in [0.2, 0.25) is 5.02 Å². The number of amides is 1. The molecule has 3 N–H and O–H groups in total. The summed E-state index contributed by atoms with van der Waals surface area (Å²) in [5.74, 6) is -1.12. The molecule has 0 bridgehead atoms. The first-order chi connectivity index (χ1) is 9.58. The van der Waals surface area contributed by atoms with Crippen LogP contribution in [0.25, 0.3) is 0 Å². The summed E-state index contributed by atoms with van der Waals surface area (Å²) in [5.41, 5.74) is 0.455. The van der Waals surface area contributed by atoms with Crippen LogP contribution in [0, 0.1) is 0 Å². The number of benzene rings is 1. The topological polar surface area (TPSA) is 81.7 Å². The number of carbonyl (C=O) groups is 2. The Labute approximate surface area is 121 Å². The van der Waals surface area contributed by atoms with Crippen LogP contribution in [-0.2, 0) is 4.79 Å². The third kappa shape index (κ3) is 3.61. The molecule has 1 fully saturated rings. The van der Waals surface area contributed by atoms with Crippen LogP contribution in [0.1, 0.15) is 10.4 Å². The van der Waals surface area contributed by atoms with Gasteiger partial charge in [0.15, 0.2) is 0 Å². The quantitative estimate of drug-likeness (QED) is 0.769. The van der Waals surface area contributed by atoms with E-state index in [-0.39, 0.29) is 18.0 Å². The van der Waals surface area contributed by atoms with E-state index >= 15 is 0 Å². The van der Waals surface area contributed by atoms with Gasteiger partial charge in [0.2, 0.25) is 5.91 Å². The molecule has 2 rings (SSSR count). The minimum Gasteiger partial charge on any atom is -0.478 e. The molecule has 0 unspecified atom stereocenters. The Morgan fingerprint density at radius 3 is 2.70 bits per heavy atom. The lowest BCUT2D eigenvalue weighted by Crippen LogP contribution is -2.48. The molecule has 20 heavy (non-hydrogen) atoms. The van der Waals surface area contributed by atoms with Crippen molar-refractivity contribution < 1.29 is 14.7 Å². The molecular formula is C13H16ClN3O3. The van der Waals surface area contributed by atoms with Crippen molar-refractivity contribution in [1.82, 2.24) is 10.2 Å². The molecule has 0 atom stereocenters. The van der Waals surface area contributed by atoms with Gasteiger partial charge in [-0.3, -0.25) is 4.79 Å². The normalized spacial score (nSPS) is 14.9. The monoisotopic (exact) mass is 297 g/mol. The van der Waals surface area contributed by atoms with Gasteiger partial charge in [-0.1, -0.05) is 11.6 Å². The minimum atomic E-state index is -1.08. The fourth-order valence-corrected chi connectivity index (χ4v) is 2.22. The third-order valence-electron chi connectivity index (χ3n) is 3.11. The van der Waals surface area contributed by atoms with E-state index in [1.165, 1.54) is 6.07 Å². The number of piperazine rings is 1. The van der Waals surface area contributed by atoms with Gasteiger partial charge < -0.3 is 20.6 Å². The van der Waals surface area contributed by atoms with Gasteiger partial charge in [0.1, 0.15) is 0 Å². The highest BCUT2D eigenvalue weighted by Gasteiger charge is 2.17. The Morgan fingerprint density at radius 2 is 2.05 bits per heavy atom. The first-order valence-electron chi connectivity index (χ1n) is 6.33. The molecule has 0 aromatic heterocycles. The molecule has 6 nitrogen and oxygen atoms in total. The molecule has 1 aromatic carbocycles. The largest absolute Gasteiger partial charge is 0.478 e. The summed E-state index contributed by atoms with van der Waals surface area (Å²) in [5, 5.41) is 15.5. The number of anilines is 1. The number of nitrogens with zero attached hydrogens (tertiary/aromatic N) is 1. The van der Waals surface area contributed by atoms with Crippen molar-refractivity contribution in [2.45, 2.75) is 0 Å². The highest BCUT2D eigenvalue weighted by atomic mass is 35.5. The van der Waals surface area contributed by atoms with E-state index in [0.29, 0.717) is 23.8 Å². The summed E-state index contributed by atoms with van der Waals surface area (Å²) >= 11 is 5.77. The number of rotatable bonds is 4. The van der Waals surface area contributed by atoms with Crippen molar-refractivity contribution in [2.75, 3.05) is 38.0 Å². The summed E-state index contributed by atoms with van der Waals surface area (Å²) in [7, 11) is 0. The smallest absolute Gasteiger partial charge is 0.337 e. The molecule has 0 radical (unpaired) electrons. The average Bonchev–Trinajstić information content (AvgIpc) is 2.46. The number of carbonyl (C=O) groups excluding carboxylic acids is 1. The van der Waals surface area contributed by atoms with Gasteiger partial charge in [0, 0.05) is 36.9 Å². The summed E-state index contributed by atoms with van der Waals surface area (Å²) in [6.07, 6.45) is 0. The van der Waals surface area contributed by atoms with Crippen molar-refractivity contribution in [1.29, 1.82) is 0 Å². The standard InChI is InChI=1S/C13H16ClN3O3/c14-9-1-2-11(10(7-9)13(19)20)16-8-12(18)17-5-3-15-4-6-17/h1-2,7,15-16H,3-6,8H2,(H,19,20). The van der Waals surface area contributed by atoms with E-state index in [2.05, 4.69) is 10.6 Å². The Balaban J connectivity index is 1.99. The van der Waals surface area contributed by atoms with Gasteiger partial charge in [-0.05, 0) is 18.2 Å². The van der Waals surface area contributed by atoms with Crippen LogP contribution in [0.15, 0.2) is 18.2 Å². The maximum absolute atomic E-state index is 12.0. The zero-order valence-corrected chi connectivity index (χ0v) is 11.6. The Bertz CT molecular complexity index is 516. The number of carboxylic acids is 1. The molecule has 1 saturated heterocycles. The van der Waals surface area contributed by atoms with E-state index < -0.39 is 5.97 Å². The number of nitrogens with one attached hydrogen (secondary N) is 2. The van der Waals surface area contributed by atoms with Gasteiger partial charge in [0.25, 0.3) is 0 Å². The SMILES string of the molecule is O=C(O)c1cc(Cl)ccc1NCC(=O)N1CCNCC1. The fraction of sp³-hybridized carbons (Fsp3) is 0.385. The van der Waals surface area contributed by atoms with Crippen molar-refractivity contribution in [3.05, 3.63) is 28.8 Å². The first-order valence-corrected chi connectivity index (χ1v) is 6.71.